The van der Waals surface area contributed by atoms with Crippen LogP contribution >= 0.6 is 31.9 Å². The molecule has 0 saturated carbocycles. The van der Waals surface area contributed by atoms with Gasteiger partial charge in [0.15, 0.2) is 5.75 Å². The second-order valence-corrected chi connectivity index (χ2v) is 11.8. The molecule has 8 heteroatoms. The van der Waals surface area contributed by atoms with Crippen LogP contribution in [0.25, 0.3) is 10.9 Å². The van der Waals surface area contributed by atoms with Crippen LogP contribution in [0.5, 0.6) is 11.5 Å². The first kappa shape index (κ1) is 25.0. The Morgan fingerprint density at radius 1 is 1.03 bits per heavy atom. The van der Waals surface area contributed by atoms with E-state index >= 15 is 0 Å². The van der Waals surface area contributed by atoms with Crippen LogP contribution in [0.15, 0.2) is 56.4 Å². The van der Waals surface area contributed by atoms with E-state index in [-0.39, 0.29) is 16.1 Å². The van der Waals surface area contributed by atoms with Crippen LogP contribution in [0.3, 0.4) is 0 Å². The zero-order valence-electron chi connectivity index (χ0n) is 18.6. The van der Waals surface area contributed by atoms with Crippen molar-refractivity contribution in [3.8, 4) is 11.5 Å². The fraction of sp³-hybridized carbons (Fsp3) is 0.375. The highest BCUT2D eigenvalue weighted by Crippen LogP contribution is 2.40. The summed E-state index contributed by atoms with van der Waals surface area (Å²) in [6.07, 6.45) is 4.52. The molecule has 0 unspecified atom stereocenters. The summed E-state index contributed by atoms with van der Waals surface area (Å²) in [6.45, 7) is 8.65. The lowest BCUT2D eigenvalue weighted by molar-refractivity contribution is 0.297. The number of pyridine rings is 1. The predicted octanol–water partition coefficient (Wildman–Crippen LogP) is 7.39. The van der Waals surface area contributed by atoms with Crippen molar-refractivity contribution >= 4 is 52.9 Å². The summed E-state index contributed by atoms with van der Waals surface area (Å²) in [5.74, 6) is 0.432. The van der Waals surface area contributed by atoms with E-state index in [1.807, 2.05) is 32.9 Å². The minimum Gasteiger partial charge on any atom is -0.492 e. The molecule has 3 rings (SSSR count). The van der Waals surface area contributed by atoms with Gasteiger partial charge in [-0.15, -0.1) is 0 Å². The maximum atomic E-state index is 13.5. The Bertz CT molecular complexity index is 1220. The second kappa shape index (κ2) is 10.1. The van der Waals surface area contributed by atoms with Crippen molar-refractivity contribution in [3.05, 3.63) is 57.1 Å². The normalized spacial score (nSPS) is 12.2. The van der Waals surface area contributed by atoms with Gasteiger partial charge < -0.3 is 8.92 Å². The zero-order chi connectivity index (χ0) is 23.5. The molecule has 0 radical (unpaired) electrons. The van der Waals surface area contributed by atoms with Gasteiger partial charge in [0.2, 0.25) is 0 Å². The number of ether oxygens (including phenoxy) is 1. The van der Waals surface area contributed by atoms with Crippen LogP contribution < -0.4 is 8.92 Å². The van der Waals surface area contributed by atoms with Crippen molar-refractivity contribution in [2.45, 2.75) is 57.3 Å². The molecule has 0 aliphatic heterocycles. The maximum Gasteiger partial charge on any atom is 0.343 e. The monoisotopic (exact) mass is 583 g/mol. The van der Waals surface area contributed by atoms with E-state index in [0.29, 0.717) is 22.3 Å². The number of benzene rings is 2. The number of unbranched alkanes of at least 4 members (excludes halogenated alkanes) is 2. The maximum absolute atomic E-state index is 13.5. The highest BCUT2D eigenvalue weighted by atomic mass is 79.9. The predicted molar refractivity (Wildman–Crippen MR) is 135 cm³/mol. The van der Waals surface area contributed by atoms with Gasteiger partial charge >= 0.3 is 10.1 Å². The molecule has 0 aliphatic rings. The van der Waals surface area contributed by atoms with Gasteiger partial charge in [0, 0.05) is 16.1 Å². The molecule has 2 aromatic carbocycles. The molecule has 0 fully saturated rings. The van der Waals surface area contributed by atoms with Crippen molar-refractivity contribution in [2.75, 3.05) is 6.61 Å². The first-order chi connectivity index (χ1) is 15.0. The summed E-state index contributed by atoms with van der Waals surface area (Å²) >= 11 is 6.92. The summed E-state index contributed by atoms with van der Waals surface area (Å²) < 4.78 is 39.8. The van der Waals surface area contributed by atoms with Crippen LogP contribution in [-0.4, -0.2) is 20.0 Å². The Morgan fingerprint density at radius 2 is 1.78 bits per heavy atom. The largest absolute Gasteiger partial charge is 0.492 e. The molecule has 5 nitrogen and oxygen atoms in total. The topological polar surface area (TPSA) is 65.5 Å². The molecule has 1 aromatic heterocycles. The molecule has 0 bridgehead atoms. The van der Waals surface area contributed by atoms with Gasteiger partial charge in [0.05, 0.1) is 11.1 Å². The van der Waals surface area contributed by atoms with Crippen molar-refractivity contribution < 1.29 is 17.3 Å². The van der Waals surface area contributed by atoms with Gasteiger partial charge in [-0.25, -0.2) is 0 Å². The number of fused-ring (bicyclic) bond motifs is 1. The first-order valence-electron chi connectivity index (χ1n) is 10.5. The first-order valence-corrected chi connectivity index (χ1v) is 13.5. The Balaban J connectivity index is 2.08. The van der Waals surface area contributed by atoms with E-state index in [9.17, 15) is 8.42 Å². The third-order valence-electron chi connectivity index (χ3n) is 5.03. The lowest BCUT2D eigenvalue weighted by Crippen LogP contribution is -2.16. The molecule has 1 heterocycles. The summed E-state index contributed by atoms with van der Waals surface area (Å²) in [7, 11) is -4.21. The lowest BCUT2D eigenvalue weighted by atomic mass is 9.87. The Hall–Kier alpha value is -1.64. The summed E-state index contributed by atoms with van der Waals surface area (Å²) in [4.78, 5) is 4.36. The number of halogens is 2. The molecule has 172 valence electrons. The number of hydrogen-bond acceptors (Lipinski definition) is 5. The summed E-state index contributed by atoms with van der Waals surface area (Å²) in [6, 6.07) is 10.7. The highest BCUT2D eigenvalue weighted by molar-refractivity contribution is 9.11. The van der Waals surface area contributed by atoms with E-state index < -0.39 is 10.1 Å². The van der Waals surface area contributed by atoms with Gasteiger partial charge in [-0.05, 0) is 57.6 Å². The van der Waals surface area contributed by atoms with Gasteiger partial charge in [-0.2, -0.15) is 8.42 Å². The molecule has 0 atom stereocenters. The number of rotatable bonds is 8. The fourth-order valence-corrected chi connectivity index (χ4v) is 5.79. The smallest absolute Gasteiger partial charge is 0.343 e. The molecule has 0 spiro atoms. The minimum atomic E-state index is -4.21. The number of aromatic nitrogens is 1. The summed E-state index contributed by atoms with van der Waals surface area (Å²) in [5, 5.41) is 0.750. The van der Waals surface area contributed by atoms with Crippen LogP contribution in [0.4, 0.5) is 0 Å². The van der Waals surface area contributed by atoms with Crippen molar-refractivity contribution in [3.63, 3.8) is 0 Å². The molecular formula is C24H27Br2NO4S. The molecular weight excluding hydrogens is 558 g/mol. The minimum absolute atomic E-state index is 0.0142. The Kier molecular flexibility index (Phi) is 7.89. The van der Waals surface area contributed by atoms with Crippen LogP contribution in [0, 0.1) is 0 Å². The molecule has 0 saturated heterocycles. The molecule has 0 aliphatic carbocycles. The quantitative estimate of drug-likeness (QED) is 0.204. The van der Waals surface area contributed by atoms with Crippen LogP contribution in [-0.2, 0) is 15.5 Å². The standard InChI is InChI=1S/C24H27Br2NO4S/c1-5-6-7-13-30-20-11-10-16(24(2,3)4)14-21(20)32(28,29)31-23-19(26)15-18(25)17-9-8-12-27-22(17)23/h8-12,14-15H,5-7,13H2,1-4H3. The third-order valence-corrected chi connectivity index (χ3v) is 7.52. The number of hydrogen-bond donors (Lipinski definition) is 0. The Labute approximate surface area is 206 Å². The zero-order valence-corrected chi connectivity index (χ0v) is 22.6. The van der Waals surface area contributed by atoms with Crippen molar-refractivity contribution in [1.29, 1.82) is 0 Å². The van der Waals surface area contributed by atoms with E-state index in [4.69, 9.17) is 8.92 Å². The van der Waals surface area contributed by atoms with Crippen LogP contribution in [0.2, 0.25) is 0 Å². The van der Waals surface area contributed by atoms with E-state index in [0.717, 1.165) is 34.7 Å². The average Bonchev–Trinajstić information content (AvgIpc) is 2.73. The molecule has 0 amide bonds. The van der Waals surface area contributed by atoms with Crippen LogP contribution in [0.1, 0.15) is 52.5 Å². The van der Waals surface area contributed by atoms with Gasteiger partial charge in [0.1, 0.15) is 16.2 Å². The second-order valence-electron chi connectivity index (χ2n) is 8.57. The molecule has 3 aromatic rings. The number of nitrogens with zero attached hydrogens (tertiary/aromatic N) is 1. The van der Waals surface area contributed by atoms with Gasteiger partial charge in [-0.3, -0.25) is 4.98 Å². The van der Waals surface area contributed by atoms with Crippen molar-refractivity contribution in [1.82, 2.24) is 4.98 Å². The highest BCUT2D eigenvalue weighted by Gasteiger charge is 2.28. The van der Waals surface area contributed by atoms with E-state index in [1.165, 1.54) is 0 Å². The summed E-state index contributed by atoms with van der Waals surface area (Å²) in [5.41, 5.74) is 1.07. The third kappa shape index (κ3) is 5.64. The molecule has 32 heavy (non-hydrogen) atoms. The van der Waals surface area contributed by atoms with E-state index in [2.05, 4.69) is 43.8 Å². The molecule has 0 N–H and O–H groups in total. The fourth-order valence-electron chi connectivity index (χ4n) is 3.20. The average molecular weight is 585 g/mol. The van der Waals surface area contributed by atoms with Gasteiger partial charge in [0.25, 0.3) is 0 Å². The van der Waals surface area contributed by atoms with E-state index in [1.54, 1.807) is 30.5 Å². The lowest BCUT2D eigenvalue weighted by Gasteiger charge is -2.21. The van der Waals surface area contributed by atoms with Gasteiger partial charge in [-0.1, -0.05) is 68.6 Å². The Morgan fingerprint density at radius 3 is 2.47 bits per heavy atom. The SMILES string of the molecule is CCCCCOc1ccc(C(C)(C)C)cc1S(=O)(=O)Oc1c(Br)cc(Br)c2cccnc12. The van der Waals surface area contributed by atoms with Crippen molar-refractivity contribution in [2.24, 2.45) is 0 Å².